The van der Waals surface area contributed by atoms with Crippen LogP contribution in [-0.4, -0.2) is 32.7 Å². The van der Waals surface area contributed by atoms with Crippen molar-refractivity contribution >= 4 is 11.6 Å². The second-order valence-corrected chi connectivity index (χ2v) is 3.70. The summed E-state index contributed by atoms with van der Waals surface area (Å²) in [6, 6.07) is 3.47. The normalized spacial score (nSPS) is 10.1. The fourth-order valence-electron chi connectivity index (χ4n) is 1.43. The van der Waals surface area contributed by atoms with Gasteiger partial charge in [0.1, 0.15) is 12.0 Å². The third kappa shape index (κ3) is 2.82. The van der Waals surface area contributed by atoms with Gasteiger partial charge in [-0.25, -0.2) is 4.98 Å². The van der Waals surface area contributed by atoms with Crippen molar-refractivity contribution in [1.82, 2.24) is 25.1 Å². The molecule has 94 valence electrons. The second-order valence-electron chi connectivity index (χ2n) is 3.70. The van der Waals surface area contributed by atoms with Crippen molar-refractivity contribution in [3.05, 3.63) is 36.2 Å². The predicted molar refractivity (Wildman–Crippen MR) is 66.0 cm³/mol. The number of amides is 1. The lowest BCUT2D eigenvalue weighted by Gasteiger charge is -2.04. The molecule has 2 rings (SSSR count). The Kier molecular flexibility index (Phi) is 3.52. The van der Waals surface area contributed by atoms with Gasteiger partial charge >= 0.3 is 0 Å². The molecule has 7 heteroatoms. The van der Waals surface area contributed by atoms with Gasteiger partial charge in [0.25, 0.3) is 5.91 Å². The molecule has 0 saturated heterocycles. The van der Waals surface area contributed by atoms with E-state index in [0.29, 0.717) is 11.5 Å². The van der Waals surface area contributed by atoms with Gasteiger partial charge in [-0.1, -0.05) is 0 Å². The molecule has 0 aromatic carbocycles. The van der Waals surface area contributed by atoms with Crippen molar-refractivity contribution in [3.63, 3.8) is 0 Å². The van der Waals surface area contributed by atoms with E-state index in [-0.39, 0.29) is 12.5 Å². The summed E-state index contributed by atoms with van der Waals surface area (Å²) in [7, 11) is 3.56. The summed E-state index contributed by atoms with van der Waals surface area (Å²) in [5.74, 6) is 0.315. The van der Waals surface area contributed by atoms with E-state index in [1.54, 1.807) is 43.4 Å². The minimum absolute atomic E-state index is 0.250. The standard InChI is InChI=1S/C11H14N6O/c1-12-8-3-4-13-9(5-8)11(18)14-6-10-15-7-17(2)16-10/h3-5,7H,6H2,1-2H3,(H,12,13)(H,14,18). The molecule has 0 aliphatic carbocycles. The van der Waals surface area contributed by atoms with Crippen LogP contribution in [-0.2, 0) is 13.6 Å². The summed E-state index contributed by atoms with van der Waals surface area (Å²) < 4.78 is 1.58. The summed E-state index contributed by atoms with van der Waals surface area (Å²) in [5.41, 5.74) is 1.20. The monoisotopic (exact) mass is 246 g/mol. The molecule has 0 spiro atoms. The van der Waals surface area contributed by atoms with Crippen molar-refractivity contribution in [2.75, 3.05) is 12.4 Å². The Bertz CT molecular complexity index is 550. The molecular weight excluding hydrogens is 232 g/mol. The first kappa shape index (κ1) is 12.0. The van der Waals surface area contributed by atoms with Gasteiger partial charge in [-0.2, -0.15) is 5.10 Å². The second kappa shape index (κ2) is 5.26. The van der Waals surface area contributed by atoms with Gasteiger partial charge in [-0.15, -0.1) is 0 Å². The molecule has 0 saturated carbocycles. The first-order valence-corrected chi connectivity index (χ1v) is 5.45. The molecule has 1 amide bonds. The maximum atomic E-state index is 11.8. The molecule has 0 radical (unpaired) electrons. The van der Waals surface area contributed by atoms with Crippen LogP contribution in [0.5, 0.6) is 0 Å². The van der Waals surface area contributed by atoms with Gasteiger partial charge < -0.3 is 10.6 Å². The maximum absolute atomic E-state index is 11.8. The quantitative estimate of drug-likeness (QED) is 0.804. The number of carbonyl (C=O) groups is 1. The van der Waals surface area contributed by atoms with Gasteiger partial charge in [-0.3, -0.25) is 14.5 Å². The van der Waals surface area contributed by atoms with E-state index >= 15 is 0 Å². The number of aromatic nitrogens is 4. The van der Waals surface area contributed by atoms with Gasteiger partial charge in [-0.05, 0) is 12.1 Å². The Hall–Kier alpha value is -2.44. The smallest absolute Gasteiger partial charge is 0.270 e. The molecule has 0 aliphatic rings. The number of aryl methyl sites for hydroxylation is 1. The Labute approximate surface area is 104 Å². The Morgan fingerprint density at radius 2 is 2.28 bits per heavy atom. The number of hydrogen-bond acceptors (Lipinski definition) is 5. The zero-order chi connectivity index (χ0) is 13.0. The summed E-state index contributed by atoms with van der Waals surface area (Å²) in [4.78, 5) is 19.9. The summed E-state index contributed by atoms with van der Waals surface area (Å²) in [6.45, 7) is 0.283. The van der Waals surface area contributed by atoms with Crippen molar-refractivity contribution in [3.8, 4) is 0 Å². The molecule has 2 N–H and O–H groups in total. The van der Waals surface area contributed by atoms with Crippen LogP contribution in [0.4, 0.5) is 5.69 Å². The van der Waals surface area contributed by atoms with Gasteiger partial charge in [0, 0.05) is 26.0 Å². The van der Waals surface area contributed by atoms with Crippen molar-refractivity contribution < 1.29 is 4.79 Å². The van der Waals surface area contributed by atoms with Crippen LogP contribution >= 0.6 is 0 Å². The number of nitrogens with one attached hydrogen (secondary N) is 2. The Morgan fingerprint density at radius 1 is 1.44 bits per heavy atom. The third-order valence-corrected chi connectivity index (χ3v) is 2.34. The lowest BCUT2D eigenvalue weighted by atomic mass is 10.3. The van der Waals surface area contributed by atoms with E-state index in [2.05, 4.69) is 25.7 Å². The number of nitrogens with zero attached hydrogens (tertiary/aromatic N) is 4. The average molecular weight is 246 g/mol. The number of hydrogen-bond donors (Lipinski definition) is 2. The van der Waals surface area contributed by atoms with Crippen molar-refractivity contribution in [2.45, 2.75) is 6.54 Å². The van der Waals surface area contributed by atoms with E-state index in [4.69, 9.17) is 0 Å². The van der Waals surface area contributed by atoms with Gasteiger partial charge in [0.15, 0.2) is 5.82 Å². The van der Waals surface area contributed by atoms with Crippen LogP contribution in [0.3, 0.4) is 0 Å². The molecule has 0 atom stereocenters. The minimum Gasteiger partial charge on any atom is -0.388 e. The molecule has 0 aliphatic heterocycles. The number of pyridine rings is 1. The Morgan fingerprint density at radius 3 is 2.94 bits per heavy atom. The molecular formula is C11H14N6O. The van der Waals surface area contributed by atoms with Crippen molar-refractivity contribution in [2.24, 2.45) is 7.05 Å². The van der Waals surface area contributed by atoms with Crippen LogP contribution in [0.1, 0.15) is 16.3 Å². The zero-order valence-electron chi connectivity index (χ0n) is 10.2. The van der Waals surface area contributed by atoms with E-state index in [0.717, 1.165) is 5.69 Å². The van der Waals surface area contributed by atoms with Crippen LogP contribution in [0.15, 0.2) is 24.7 Å². The third-order valence-electron chi connectivity index (χ3n) is 2.34. The molecule has 18 heavy (non-hydrogen) atoms. The highest BCUT2D eigenvalue weighted by Gasteiger charge is 2.08. The lowest BCUT2D eigenvalue weighted by Crippen LogP contribution is -2.24. The molecule has 2 heterocycles. The highest BCUT2D eigenvalue weighted by Crippen LogP contribution is 2.06. The van der Waals surface area contributed by atoms with Crippen LogP contribution in [0, 0.1) is 0 Å². The number of anilines is 1. The molecule has 7 nitrogen and oxygen atoms in total. The van der Waals surface area contributed by atoms with Gasteiger partial charge in [0.2, 0.25) is 0 Å². The fourth-order valence-corrected chi connectivity index (χ4v) is 1.43. The minimum atomic E-state index is -0.250. The molecule has 0 fully saturated rings. The molecule has 0 bridgehead atoms. The average Bonchev–Trinajstić information content (AvgIpc) is 2.82. The van der Waals surface area contributed by atoms with Crippen LogP contribution < -0.4 is 10.6 Å². The predicted octanol–water partition coefficient (Wildman–Crippen LogP) is 0.182. The first-order valence-electron chi connectivity index (χ1n) is 5.45. The Balaban J connectivity index is 1.99. The van der Waals surface area contributed by atoms with E-state index in [1.807, 2.05) is 0 Å². The zero-order valence-corrected chi connectivity index (χ0v) is 10.2. The summed E-state index contributed by atoms with van der Waals surface area (Å²) in [6.07, 6.45) is 3.17. The topological polar surface area (TPSA) is 84.7 Å². The SMILES string of the molecule is CNc1ccnc(C(=O)NCc2ncn(C)n2)c1. The fraction of sp³-hybridized carbons (Fsp3) is 0.273. The lowest BCUT2D eigenvalue weighted by molar-refractivity contribution is 0.0945. The maximum Gasteiger partial charge on any atom is 0.270 e. The summed E-state index contributed by atoms with van der Waals surface area (Å²) in [5, 5.41) is 9.73. The van der Waals surface area contributed by atoms with Crippen LogP contribution in [0.25, 0.3) is 0 Å². The highest BCUT2D eigenvalue weighted by molar-refractivity contribution is 5.92. The highest BCUT2D eigenvalue weighted by atomic mass is 16.1. The molecule has 2 aromatic heterocycles. The number of carbonyl (C=O) groups excluding carboxylic acids is 1. The van der Waals surface area contributed by atoms with E-state index in [1.165, 1.54) is 0 Å². The van der Waals surface area contributed by atoms with Crippen molar-refractivity contribution in [1.29, 1.82) is 0 Å². The van der Waals surface area contributed by atoms with Crippen LogP contribution in [0.2, 0.25) is 0 Å². The van der Waals surface area contributed by atoms with Gasteiger partial charge in [0.05, 0.1) is 6.54 Å². The van der Waals surface area contributed by atoms with E-state index < -0.39 is 0 Å². The largest absolute Gasteiger partial charge is 0.388 e. The summed E-state index contributed by atoms with van der Waals surface area (Å²) >= 11 is 0. The number of rotatable bonds is 4. The van der Waals surface area contributed by atoms with E-state index in [9.17, 15) is 4.79 Å². The molecule has 2 aromatic rings. The first-order chi connectivity index (χ1) is 8.69. The molecule has 0 unspecified atom stereocenters.